The van der Waals surface area contributed by atoms with Crippen molar-refractivity contribution < 1.29 is 9.18 Å². The van der Waals surface area contributed by atoms with Crippen LogP contribution in [-0.2, 0) is 6.54 Å². The molecular weight excluding hydrogens is 251 g/mol. The predicted molar refractivity (Wildman–Crippen MR) is 71.0 cm³/mol. The first-order valence-electron chi connectivity index (χ1n) is 5.45. The Hall–Kier alpha value is -1.88. The fourth-order valence-electron chi connectivity index (χ4n) is 1.56. The van der Waals surface area contributed by atoms with Crippen molar-refractivity contribution in [2.75, 3.05) is 5.73 Å². The molecule has 0 aliphatic rings. The number of anilines is 1. The number of hydrogen-bond donors (Lipinski definition) is 2. The van der Waals surface area contributed by atoms with Gasteiger partial charge >= 0.3 is 0 Å². The fraction of sp³-hybridized carbons (Fsp3) is 0.154. The minimum absolute atomic E-state index is 0.0116. The normalized spacial score (nSPS) is 10.3. The van der Waals surface area contributed by atoms with Crippen LogP contribution >= 0.6 is 11.3 Å². The second kappa shape index (κ2) is 5.18. The fourth-order valence-corrected chi connectivity index (χ4v) is 2.39. The molecule has 94 valence electrons. The lowest BCUT2D eigenvalue weighted by molar-refractivity contribution is 0.0947. The molecule has 0 aliphatic carbocycles. The van der Waals surface area contributed by atoms with Crippen LogP contribution in [-0.4, -0.2) is 5.91 Å². The van der Waals surface area contributed by atoms with Gasteiger partial charge in [0.2, 0.25) is 0 Å². The molecule has 5 heteroatoms. The van der Waals surface area contributed by atoms with Crippen LogP contribution in [0.4, 0.5) is 10.1 Å². The van der Waals surface area contributed by atoms with Gasteiger partial charge in [-0.15, -0.1) is 11.3 Å². The van der Waals surface area contributed by atoms with E-state index in [0.717, 1.165) is 10.9 Å². The predicted octanol–water partition coefficient (Wildman–Crippen LogP) is 2.71. The lowest BCUT2D eigenvalue weighted by atomic mass is 10.2. The van der Waals surface area contributed by atoms with Gasteiger partial charge in [-0.25, -0.2) is 4.39 Å². The zero-order valence-corrected chi connectivity index (χ0v) is 10.7. The zero-order chi connectivity index (χ0) is 13.1. The molecule has 0 aliphatic heterocycles. The van der Waals surface area contributed by atoms with Crippen molar-refractivity contribution in [2.24, 2.45) is 0 Å². The summed E-state index contributed by atoms with van der Waals surface area (Å²) in [7, 11) is 0. The number of carbonyl (C=O) groups excluding carboxylic acids is 1. The Kier molecular flexibility index (Phi) is 3.62. The number of rotatable bonds is 3. The molecule has 0 bridgehead atoms. The maximum Gasteiger partial charge on any atom is 0.254 e. The minimum atomic E-state index is -0.602. The van der Waals surface area contributed by atoms with Crippen molar-refractivity contribution in [1.82, 2.24) is 5.32 Å². The molecule has 0 saturated carbocycles. The van der Waals surface area contributed by atoms with E-state index in [2.05, 4.69) is 5.32 Å². The van der Waals surface area contributed by atoms with Crippen LogP contribution in [0.15, 0.2) is 30.3 Å². The van der Waals surface area contributed by atoms with E-state index in [4.69, 9.17) is 5.73 Å². The quantitative estimate of drug-likeness (QED) is 0.837. The summed E-state index contributed by atoms with van der Waals surface area (Å²) >= 11 is 1.60. The molecular formula is C13H13FN2OS. The van der Waals surface area contributed by atoms with E-state index in [-0.39, 0.29) is 5.56 Å². The summed E-state index contributed by atoms with van der Waals surface area (Å²) in [5.74, 6) is -1.03. The van der Waals surface area contributed by atoms with Crippen LogP contribution < -0.4 is 11.1 Å². The Bertz CT molecular complexity index is 580. The maximum absolute atomic E-state index is 13.5. The molecule has 0 atom stereocenters. The first-order chi connectivity index (χ1) is 8.56. The molecule has 3 N–H and O–H groups in total. The average Bonchev–Trinajstić information content (AvgIpc) is 2.72. The lowest BCUT2D eigenvalue weighted by Crippen LogP contribution is -2.23. The van der Waals surface area contributed by atoms with Gasteiger partial charge < -0.3 is 11.1 Å². The Labute approximate surface area is 108 Å². The third-order valence-corrected chi connectivity index (χ3v) is 3.46. The molecule has 2 rings (SSSR count). The van der Waals surface area contributed by atoms with E-state index >= 15 is 0 Å². The van der Waals surface area contributed by atoms with Crippen molar-refractivity contribution in [3.63, 3.8) is 0 Å². The molecule has 0 saturated heterocycles. The highest BCUT2D eigenvalue weighted by atomic mass is 32.1. The van der Waals surface area contributed by atoms with Crippen LogP contribution in [0.3, 0.4) is 0 Å². The molecule has 18 heavy (non-hydrogen) atoms. The van der Waals surface area contributed by atoms with Crippen molar-refractivity contribution in [2.45, 2.75) is 13.5 Å². The topological polar surface area (TPSA) is 55.1 Å². The molecule has 1 amide bonds. The number of carbonyl (C=O) groups is 1. The van der Waals surface area contributed by atoms with Crippen molar-refractivity contribution >= 4 is 22.9 Å². The Morgan fingerprint density at radius 2 is 2.17 bits per heavy atom. The largest absolute Gasteiger partial charge is 0.399 e. The molecule has 1 heterocycles. The van der Waals surface area contributed by atoms with E-state index in [1.54, 1.807) is 11.3 Å². The third-order valence-electron chi connectivity index (χ3n) is 2.46. The zero-order valence-electron chi connectivity index (χ0n) is 9.87. The van der Waals surface area contributed by atoms with E-state index in [1.165, 1.54) is 17.0 Å². The van der Waals surface area contributed by atoms with Gasteiger partial charge in [-0.2, -0.15) is 0 Å². The van der Waals surface area contributed by atoms with E-state index in [1.807, 2.05) is 19.1 Å². The van der Waals surface area contributed by atoms with Gasteiger partial charge in [0, 0.05) is 15.4 Å². The number of aryl methyl sites for hydroxylation is 1. The average molecular weight is 264 g/mol. The highest BCUT2D eigenvalue weighted by molar-refractivity contribution is 7.11. The van der Waals surface area contributed by atoms with Crippen LogP contribution in [0.1, 0.15) is 20.1 Å². The van der Waals surface area contributed by atoms with Crippen LogP contribution in [0.25, 0.3) is 0 Å². The number of amides is 1. The molecule has 3 nitrogen and oxygen atoms in total. The Morgan fingerprint density at radius 1 is 1.39 bits per heavy atom. The van der Waals surface area contributed by atoms with Gasteiger partial charge in [-0.3, -0.25) is 4.79 Å². The summed E-state index contributed by atoms with van der Waals surface area (Å²) < 4.78 is 13.5. The van der Waals surface area contributed by atoms with Gasteiger partial charge in [-0.05, 0) is 37.3 Å². The summed E-state index contributed by atoms with van der Waals surface area (Å²) in [4.78, 5) is 14.0. The number of nitrogens with two attached hydrogens (primary N) is 1. The van der Waals surface area contributed by atoms with Gasteiger partial charge in [0.05, 0.1) is 12.1 Å². The molecule has 0 fully saturated rings. The van der Waals surface area contributed by atoms with Crippen LogP contribution in [0.5, 0.6) is 0 Å². The van der Waals surface area contributed by atoms with Gasteiger partial charge in [0.1, 0.15) is 5.82 Å². The summed E-state index contributed by atoms with van der Waals surface area (Å²) in [5.41, 5.74) is 5.74. The SMILES string of the molecule is Cc1ccc(CNC(=O)c2ccc(N)cc2F)s1. The summed E-state index contributed by atoms with van der Waals surface area (Å²) in [6.07, 6.45) is 0. The summed E-state index contributed by atoms with van der Waals surface area (Å²) in [6.45, 7) is 2.40. The third kappa shape index (κ3) is 2.87. The van der Waals surface area contributed by atoms with E-state index < -0.39 is 11.7 Å². The van der Waals surface area contributed by atoms with Gasteiger partial charge in [-0.1, -0.05) is 0 Å². The van der Waals surface area contributed by atoms with Crippen LogP contribution in [0.2, 0.25) is 0 Å². The van der Waals surface area contributed by atoms with Crippen molar-refractivity contribution in [3.8, 4) is 0 Å². The summed E-state index contributed by atoms with van der Waals surface area (Å²) in [5, 5.41) is 2.68. The molecule has 0 spiro atoms. The first-order valence-corrected chi connectivity index (χ1v) is 6.26. The van der Waals surface area contributed by atoms with Crippen molar-refractivity contribution in [1.29, 1.82) is 0 Å². The Morgan fingerprint density at radius 3 is 2.78 bits per heavy atom. The monoisotopic (exact) mass is 264 g/mol. The van der Waals surface area contributed by atoms with Crippen molar-refractivity contribution in [3.05, 3.63) is 51.5 Å². The molecule has 1 aromatic heterocycles. The number of benzene rings is 1. The number of nitrogen functional groups attached to an aromatic ring is 1. The highest BCUT2D eigenvalue weighted by Crippen LogP contribution is 2.15. The first kappa shape index (κ1) is 12.6. The smallest absolute Gasteiger partial charge is 0.254 e. The number of thiophene rings is 1. The second-order valence-corrected chi connectivity index (χ2v) is 5.31. The number of nitrogens with one attached hydrogen (secondary N) is 1. The highest BCUT2D eigenvalue weighted by Gasteiger charge is 2.11. The molecule has 0 radical (unpaired) electrons. The van der Waals surface area contributed by atoms with E-state index in [9.17, 15) is 9.18 Å². The minimum Gasteiger partial charge on any atom is -0.399 e. The van der Waals surface area contributed by atoms with Gasteiger partial charge in [0.25, 0.3) is 5.91 Å². The molecule has 2 aromatic rings. The number of hydrogen-bond acceptors (Lipinski definition) is 3. The molecule has 0 unspecified atom stereocenters. The lowest BCUT2D eigenvalue weighted by Gasteiger charge is -2.05. The maximum atomic E-state index is 13.5. The Balaban J connectivity index is 2.03. The standard InChI is InChI=1S/C13H13FN2OS/c1-8-2-4-10(18-8)7-16-13(17)11-5-3-9(15)6-12(11)14/h2-6H,7,15H2,1H3,(H,16,17). The number of halogens is 1. The van der Waals surface area contributed by atoms with Gasteiger partial charge in [0.15, 0.2) is 0 Å². The van der Waals surface area contributed by atoms with Crippen LogP contribution in [0, 0.1) is 12.7 Å². The summed E-state index contributed by atoms with van der Waals surface area (Å²) in [6, 6.07) is 7.97. The molecule has 1 aromatic carbocycles. The second-order valence-electron chi connectivity index (χ2n) is 3.93. The van der Waals surface area contributed by atoms with E-state index in [0.29, 0.717) is 12.2 Å².